The fourth-order valence-corrected chi connectivity index (χ4v) is 2.84. The molecule has 0 amide bonds. The summed E-state index contributed by atoms with van der Waals surface area (Å²) < 4.78 is 10.7. The number of fused-ring (bicyclic) bond motifs is 1. The summed E-state index contributed by atoms with van der Waals surface area (Å²) in [5, 5.41) is 0. The largest absolute Gasteiger partial charge is 0.497 e. The molecular weight excluding hydrogens is 300 g/mol. The van der Waals surface area contributed by atoms with E-state index in [2.05, 4.69) is 6.58 Å². The van der Waals surface area contributed by atoms with E-state index in [-0.39, 0.29) is 5.78 Å². The number of hydrogen-bond acceptors (Lipinski definition) is 3. The monoisotopic (exact) mass is 320 g/mol. The molecule has 0 N–H and O–H groups in total. The van der Waals surface area contributed by atoms with Gasteiger partial charge in [-0.1, -0.05) is 24.8 Å². The number of carbonyl (C=O) groups excluding carboxylic acids is 1. The predicted molar refractivity (Wildman–Crippen MR) is 95.8 cm³/mol. The Hall–Kier alpha value is -2.81. The predicted octanol–water partition coefficient (Wildman–Crippen LogP) is 4.47. The number of rotatable bonds is 5. The van der Waals surface area contributed by atoms with Crippen LogP contribution in [0.5, 0.6) is 11.5 Å². The fourth-order valence-electron chi connectivity index (χ4n) is 2.84. The van der Waals surface area contributed by atoms with Crippen LogP contribution in [0.1, 0.15) is 27.9 Å². The van der Waals surface area contributed by atoms with Gasteiger partial charge in [-0.15, -0.1) is 0 Å². The minimum Gasteiger partial charge on any atom is -0.497 e. The zero-order chi connectivity index (χ0) is 16.9. The van der Waals surface area contributed by atoms with E-state index in [1.807, 2.05) is 48.5 Å². The molecule has 3 rings (SSSR count). The van der Waals surface area contributed by atoms with E-state index in [1.165, 1.54) is 0 Å². The molecule has 2 aromatic rings. The average molecular weight is 320 g/mol. The molecule has 0 atom stereocenters. The third-order valence-corrected chi connectivity index (χ3v) is 4.10. The minimum atomic E-state index is 0.103. The van der Waals surface area contributed by atoms with Crippen molar-refractivity contribution < 1.29 is 14.3 Å². The number of carbonyl (C=O) groups is 1. The van der Waals surface area contributed by atoms with Crippen molar-refractivity contribution in [2.45, 2.75) is 12.8 Å². The summed E-state index contributed by atoms with van der Waals surface area (Å²) in [6.45, 7) is 4.11. The summed E-state index contributed by atoms with van der Waals surface area (Å²) in [4.78, 5) is 12.7. The molecule has 0 heterocycles. The van der Waals surface area contributed by atoms with Gasteiger partial charge in [0.05, 0.1) is 7.11 Å². The molecule has 3 heteroatoms. The second-order valence-corrected chi connectivity index (χ2v) is 5.69. The number of benzene rings is 2. The second kappa shape index (κ2) is 7.18. The lowest BCUT2D eigenvalue weighted by Gasteiger charge is -2.18. The average Bonchev–Trinajstić information content (AvgIpc) is 2.63. The number of hydrogen-bond donors (Lipinski definition) is 0. The van der Waals surface area contributed by atoms with Crippen LogP contribution >= 0.6 is 0 Å². The molecule has 0 unspecified atom stereocenters. The van der Waals surface area contributed by atoms with Gasteiger partial charge in [-0.2, -0.15) is 0 Å². The third-order valence-electron chi connectivity index (χ3n) is 4.10. The topological polar surface area (TPSA) is 35.5 Å². The van der Waals surface area contributed by atoms with Crippen molar-refractivity contribution in [1.82, 2.24) is 0 Å². The summed E-state index contributed by atoms with van der Waals surface area (Å²) in [7, 11) is 1.64. The number of Topliss-reactive ketones (excluding diaryl/α,β-unsaturated/α-hetero) is 1. The lowest BCUT2D eigenvalue weighted by atomic mass is 9.86. The van der Waals surface area contributed by atoms with Crippen LogP contribution in [0.25, 0.3) is 6.08 Å². The smallest absolute Gasteiger partial charge is 0.189 e. The van der Waals surface area contributed by atoms with E-state index in [1.54, 1.807) is 13.2 Å². The van der Waals surface area contributed by atoms with Crippen LogP contribution in [-0.4, -0.2) is 19.5 Å². The van der Waals surface area contributed by atoms with E-state index in [9.17, 15) is 4.79 Å². The van der Waals surface area contributed by atoms with E-state index in [0.717, 1.165) is 46.6 Å². The van der Waals surface area contributed by atoms with Crippen molar-refractivity contribution in [3.8, 4) is 11.5 Å². The fraction of sp³-hybridized carbons (Fsp3) is 0.190. The van der Waals surface area contributed by atoms with Crippen molar-refractivity contribution in [3.05, 3.63) is 77.4 Å². The molecule has 3 nitrogen and oxygen atoms in total. The highest BCUT2D eigenvalue weighted by Gasteiger charge is 2.22. The maximum Gasteiger partial charge on any atom is 0.189 e. The highest BCUT2D eigenvalue weighted by molar-refractivity contribution is 6.13. The van der Waals surface area contributed by atoms with Crippen LogP contribution in [-0.2, 0) is 6.42 Å². The van der Waals surface area contributed by atoms with Gasteiger partial charge in [-0.05, 0) is 60.4 Å². The van der Waals surface area contributed by atoms with E-state index < -0.39 is 0 Å². The Bertz CT molecular complexity index is 785. The van der Waals surface area contributed by atoms with E-state index in [0.29, 0.717) is 6.61 Å². The van der Waals surface area contributed by atoms with Gasteiger partial charge in [0.1, 0.15) is 18.1 Å². The summed E-state index contributed by atoms with van der Waals surface area (Å²) in [5.74, 6) is 1.69. The number of aryl methyl sites for hydroxylation is 1. The van der Waals surface area contributed by atoms with Gasteiger partial charge in [0, 0.05) is 11.1 Å². The van der Waals surface area contributed by atoms with Gasteiger partial charge in [0.15, 0.2) is 5.78 Å². The number of allylic oxidation sites excluding steroid dienone is 1. The molecule has 0 radical (unpaired) electrons. The van der Waals surface area contributed by atoms with Crippen molar-refractivity contribution in [3.63, 3.8) is 0 Å². The molecule has 0 spiro atoms. The molecule has 0 aliphatic heterocycles. The van der Waals surface area contributed by atoms with Gasteiger partial charge in [0.25, 0.3) is 0 Å². The Kier molecular flexibility index (Phi) is 4.80. The van der Waals surface area contributed by atoms with Crippen molar-refractivity contribution in [2.24, 2.45) is 0 Å². The Labute approximate surface area is 142 Å². The molecule has 24 heavy (non-hydrogen) atoms. The van der Waals surface area contributed by atoms with Gasteiger partial charge in [0.2, 0.25) is 0 Å². The maximum atomic E-state index is 12.7. The number of methoxy groups -OCH3 is 1. The molecule has 0 saturated heterocycles. The molecule has 0 fully saturated rings. The van der Waals surface area contributed by atoms with Gasteiger partial charge < -0.3 is 9.47 Å². The Morgan fingerprint density at radius 1 is 1.08 bits per heavy atom. The summed E-state index contributed by atoms with van der Waals surface area (Å²) in [6.07, 6.45) is 5.27. The van der Waals surface area contributed by atoms with Gasteiger partial charge in [-0.25, -0.2) is 0 Å². The zero-order valence-electron chi connectivity index (χ0n) is 13.7. The highest BCUT2D eigenvalue weighted by Crippen LogP contribution is 2.29. The quantitative estimate of drug-likeness (QED) is 0.602. The van der Waals surface area contributed by atoms with Crippen LogP contribution in [0.2, 0.25) is 0 Å². The molecule has 0 bridgehead atoms. The summed E-state index contributed by atoms with van der Waals surface area (Å²) in [6, 6.07) is 13.4. The first-order valence-electron chi connectivity index (χ1n) is 7.97. The lowest BCUT2D eigenvalue weighted by molar-refractivity contribution is 0.102. The van der Waals surface area contributed by atoms with Gasteiger partial charge in [-0.3, -0.25) is 4.79 Å². The first kappa shape index (κ1) is 16.1. The zero-order valence-corrected chi connectivity index (χ0v) is 13.7. The van der Waals surface area contributed by atoms with Crippen molar-refractivity contribution >= 4 is 11.9 Å². The van der Waals surface area contributed by atoms with Crippen LogP contribution in [0.15, 0.2) is 60.7 Å². The highest BCUT2D eigenvalue weighted by atomic mass is 16.5. The number of ketones is 1. The molecular formula is C21H20O3. The van der Waals surface area contributed by atoms with Crippen molar-refractivity contribution in [1.29, 1.82) is 0 Å². The van der Waals surface area contributed by atoms with Crippen LogP contribution in [0.4, 0.5) is 0 Å². The Balaban J connectivity index is 1.81. The van der Waals surface area contributed by atoms with Crippen LogP contribution in [0.3, 0.4) is 0 Å². The minimum absolute atomic E-state index is 0.103. The molecule has 1 aliphatic rings. The Morgan fingerprint density at radius 2 is 1.83 bits per heavy atom. The van der Waals surface area contributed by atoms with E-state index in [4.69, 9.17) is 9.47 Å². The second-order valence-electron chi connectivity index (χ2n) is 5.69. The lowest BCUT2D eigenvalue weighted by Crippen LogP contribution is -2.14. The molecule has 122 valence electrons. The van der Waals surface area contributed by atoms with Crippen LogP contribution in [0, 0.1) is 0 Å². The third kappa shape index (κ3) is 3.40. The summed E-state index contributed by atoms with van der Waals surface area (Å²) in [5.41, 5.74) is 3.68. The molecule has 1 aliphatic carbocycles. The molecule has 0 saturated carbocycles. The standard InChI is InChI=1S/C21H20O3/c1-3-12-24-18-8-4-15(5-9-18)13-17-7-6-16-14-19(23-2)10-11-20(16)21(17)22/h3-5,8-11,13-14H,1,6-7,12H2,2H3/b17-13+. The Morgan fingerprint density at radius 3 is 2.54 bits per heavy atom. The van der Waals surface area contributed by atoms with Gasteiger partial charge >= 0.3 is 0 Å². The van der Waals surface area contributed by atoms with Crippen molar-refractivity contribution in [2.75, 3.05) is 13.7 Å². The first-order chi connectivity index (χ1) is 11.7. The number of ether oxygens (including phenoxy) is 2. The SMILES string of the molecule is C=CCOc1ccc(/C=C2\CCc3cc(OC)ccc3C2=O)cc1. The first-order valence-corrected chi connectivity index (χ1v) is 7.97. The van der Waals surface area contributed by atoms with Crippen LogP contribution < -0.4 is 9.47 Å². The normalized spacial score (nSPS) is 15.0. The van der Waals surface area contributed by atoms with E-state index >= 15 is 0 Å². The summed E-state index contributed by atoms with van der Waals surface area (Å²) >= 11 is 0. The molecule has 0 aromatic heterocycles. The maximum absolute atomic E-state index is 12.7. The molecule has 2 aromatic carbocycles.